The Hall–Kier alpha value is -3.22. The van der Waals surface area contributed by atoms with E-state index in [1.807, 2.05) is 6.07 Å². The summed E-state index contributed by atoms with van der Waals surface area (Å²) in [5, 5.41) is 0. The second kappa shape index (κ2) is 9.32. The molecule has 1 fully saturated rings. The third-order valence-corrected chi connectivity index (χ3v) is 4.85. The fraction of sp³-hybridized carbons (Fsp3) is 0.318. The lowest BCUT2D eigenvalue weighted by Gasteiger charge is -2.22. The van der Waals surface area contributed by atoms with Gasteiger partial charge in [0.25, 0.3) is 0 Å². The number of Topliss-reactive ketones (excluding diaryl/α,β-unsaturated/α-hetero) is 1. The van der Waals surface area contributed by atoms with Gasteiger partial charge >= 0.3 is 5.97 Å². The van der Waals surface area contributed by atoms with Crippen molar-refractivity contribution in [1.82, 2.24) is 4.90 Å². The third-order valence-electron chi connectivity index (χ3n) is 4.85. The maximum atomic E-state index is 13.9. The number of nitrogens with zero attached hydrogens (tertiary/aromatic N) is 1. The number of ketones is 1. The van der Waals surface area contributed by atoms with Gasteiger partial charge in [0.1, 0.15) is 12.1 Å². The SMILES string of the molecule is COC(=O)C1CC(Oc2ccccc2F)CN1C(=O)CCC(=O)c1ccccc1. The lowest BCUT2D eigenvalue weighted by molar-refractivity contribution is -0.150. The number of rotatable bonds is 7. The highest BCUT2D eigenvalue weighted by Gasteiger charge is 2.41. The largest absolute Gasteiger partial charge is 0.485 e. The average Bonchev–Trinajstić information content (AvgIpc) is 3.17. The van der Waals surface area contributed by atoms with Gasteiger partial charge in [-0.2, -0.15) is 0 Å². The fourth-order valence-corrected chi connectivity index (χ4v) is 3.37. The van der Waals surface area contributed by atoms with Crippen LogP contribution in [-0.4, -0.2) is 48.4 Å². The van der Waals surface area contributed by atoms with Crippen LogP contribution in [0.15, 0.2) is 54.6 Å². The highest BCUT2D eigenvalue weighted by Crippen LogP contribution is 2.26. The summed E-state index contributed by atoms with van der Waals surface area (Å²) in [6.45, 7) is 0.118. The molecule has 1 saturated heterocycles. The number of amides is 1. The number of ether oxygens (including phenoxy) is 2. The van der Waals surface area contributed by atoms with Crippen LogP contribution in [0.3, 0.4) is 0 Å². The molecule has 1 amide bonds. The number of likely N-dealkylation sites (tertiary alicyclic amines) is 1. The summed E-state index contributed by atoms with van der Waals surface area (Å²) in [6, 6.07) is 13.8. The summed E-state index contributed by atoms with van der Waals surface area (Å²) >= 11 is 0. The van der Waals surface area contributed by atoms with Crippen molar-refractivity contribution in [3.63, 3.8) is 0 Å². The maximum absolute atomic E-state index is 13.9. The van der Waals surface area contributed by atoms with Crippen LogP contribution >= 0.6 is 0 Å². The molecule has 0 N–H and O–H groups in total. The molecule has 29 heavy (non-hydrogen) atoms. The molecule has 2 atom stereocenters. The van der Waals surface area contributed by atoms with E-state index in [0.29, 0.717) is 5.56 Å². The molecule has 152 valence electrons. The fourth-order valence-electron chi connectivity index (χ4n) is 3.37. The zero-order chi connectivity index (χ0) is 20.8. The lowest BCUT2D eigenvalue weighted by atomic mass is 10.1. The standard InChI is InChI=1S/C22H22FNO5/c1-28-22(27)18-13-16(29-20-10-6-5-9-17(20)23)14-24(18)21(26)12-11-19(25)15-7-3-2-4-8-15/h2-10,16,18H,11-14H2,1H3. The normalized spacial score (nSPS) is 18.3. The number of hydrogen-bond acceptors (Lipinski definition) is 5. The van der Waals surface area contributed by atoms with E-state index < -0.39 is 23.9 Å². The van der Waals surface area contributed by atoms with Gasteiger partial charge in [0.15, 0.2) is 17.3 Å². The first-order chi connectivity index (χ1) is 14.0. The molecule has 2 aromatic rings. The van der Waals surface area contributed by atoms with E-state index in [0.717, 1.165) is 0 Å². The molecule has 0 radical (unpaired) electrons. The zero-order valence-electron chi connectivity index (χ0n) is 16.0. The minimum absolute atomic E-state index is 0.0338. The highest BCUT2D eigenvalue weighted by molar-refractivity contribution is 5.98. The van der Waals surface area contributed by atoms with Crippen molar-refractivity contribution in [1.29, 1.82) is 0 Å². The molecule has 3 rings (SSSR count). The second-order valence-corrected chi connectivity index (χ2v) is 6.78. The van der Waals surface area contributed by atoms with Gasteiger partial charge in [-0.15, -0.1) is 0 Å². The summed E-state index contributed by atoms with van der Waals surface area (Å²) in [6.07, 6.45) is -0.358. The van der Waals surface area contributed by atoms with E-state index in [1.54, 1.807) is 36.4 Å². The molecule has 1 aliphatic rings. The molecule has 2 aromatic carbocycles. The second-order valence-electron chi connectivity index (χ2n) is 6.78. The molecular formula is C22H22FNO5. The van der Waals surface area contributed by atoms with E-state index in [1.165, 1.54) is 24.1 Å². The molecule has 0 spiro atoms. The van der Waals surface area contributed by atoms with E-state index in [2.05, 4.69) is 0 Å². The van der Waals surface area contributed by atoms with Crippen molar-refractivity contribution in [2.45, 2.75) is 31.4 Å². The summed E-state index contributed by atoms with van der Waals surface area (Å²) < 4.78 is 24.3. The Morgan fingerprint density at radius 3 is 2.41 bits per heavy atom. The predicted molar refractivity (Wildman–Crippen MR) is 103 cm³/mol. The van der Waals surface area contributed by atoms with Crippen LogP contribution in [0.4, 0.5) is 4.39 Å². The quantitative estimate of drug-likeness (QED) is 0.529. The molecule has 0 aromatic heterocycles. The van der Waals surface area contributed by atoms with Gasteiger partial charge in [-0.1, -0.05) is 42.5 Å². The topological polar surface area (TPSA) is 72.9 Å². The number of benzene rings is 2. The van der Waals surface area contributed by atoms with Crippen LogP contribution in [0.25, 0.3) is 0 Å². The van der Waals surface area contributed by atoms with Gasteiger partial charge in [0, 0.05) is 24.8 Å². The summed E-state index contributed by atoms with van der Waals surface area (Å²) in [4.78, 5) is 38.5. The van der Waals surface area contributed by atoms with E-state index >= 15 is 0 Å². The smallest absolute Gasteiger partial charge is 0.328 e. The summed E-state index contributed by atoms with van der Waals surface area (Å²) in [7, 11) is 1.25. The monoisotopic (exact) mass is 399 g/mol. The first-order valence-corrected chi connectivity index (χ1v) is 9.36. The maximum Gasteiger partial charge on any atom is 0.328 e. The molecule has 1 heterocycles. The predicted octanol–water partition coefficient (Wildman–Crippen LogP) is 3.01. The molecule has 2 unspecified atom stereocenters. The molecular weight excluding hydrogens is 377 g/mol. The Balaban J connectivity index is 1.65. The molecule has 1 aliphatic heterocycles. The van der Waals surface area contributed by atoms with Crippen molar-refractivity contribution >= 4 is 17.7 Å². The van der Waals surface area contributed by atoms with E-state index in [4.69, 9.17) is 9.47 Å². The van der Waals surface area contributed by atoms with Gasteiger partial charge in [-0.05, 0) is 12.1 Å². The number of para-hydroxylation sites is 1. The number of hydrogen-bond donors (Lipinski definition) is 0. The van der Waals surface area contributed by atoms with Crippen LogP contribution in [0, 0.1) is 5.82 Å². The van der Waals surface area contributed by atoms with Crippen LogP contribution in [0.2, 0.25) is 0 Å². The first-order valence-electron chi connectivity index (χ1n) is 9.36. The Morgan fingerprint density at radius 2 is 1.72 bits per heavy atom. The van der Waals surface area contributed by atoms with Gasteiger partial charge < -0.3 is 14.4 Å². The first kappa shape index (κ1) is 20.5. The summed E-state index contributed by atoms with van der Waals surface area (Å²) in [5.41, 5.74) is 0.534. The van der Waals surface area contributed by atoms with Gasteiger partial charge in [-0.3, -0.25) is 9.59 Å². The number of halogens is 1. The van der Waals surface area contributed by atoms with Gasteiger partial charge in [0.2, 0.25) is 5.91 Å². The van der Waals surface area contributed by atoms with Crippen molar-refractivity contribution in [3.05, 3.63) is 66.0 Å². The molecule has 0 saturated carbocycles. The number of carbonyl (C=O) groups is 3. The zero-order valence-corrected chi connectivity index (χ0v) is 16.0. The Morgan fingerprint density at radius 1 is 1.03 bits per heavy atom. The van der Waals surface area contributed by atoms with Crippen molar-refractivity contribution in [2.24, 2.45) is 0 Å². The Kier molecular flexibility index (Phi) is 6.59. The third kappa shape index (κ3) is 4.99. The van der Waals surface area contributed by atoms with Crippen LogP contribution in [0.5, 0.6) is 5.75 Å². The molecule has 0 bridgehead atoms. The molecule has 0 aliphatic carbocycles. The number of esters is 1. The van der Waals surface area contributed by atoms with Crippen LogP contribution in [-0.2, 0) is 14.3 Å². The minimum atomic E-state index is -0.823. The average molecular weight is 399 g/mol. The Labute approximate surface area is 168 Å². The number of carbonyl (C=O) groups excluding carboxylic acids is 3. The summed E-state index contributed by atoms with van der Waals surface area (Å²) in [5.74, 6) is -1.50. The minimum Gasteiger partial charge on any atom is -0.485 e. The van der Waals surface area contributed by atoms with Gasteiger partial charge in [-0.25, -0.2) is 9.18 Å². The van der Waals surface area contributed by atoms with Crippen LogP contribution < -0.4 is 4.74 Å². The van der Waals surface area contributed by atoms with Crippen molar-refractivity contribution in [3.8, 4) is 5.75 Å². The molecule has 6 nitrogen and oxygen atoms in total. The highest BCUT2D eigenvalue weighted by atomic mass is 19.1. The van der Waals surface area contributed by atoms with Crippen molar-refractivity contribution in [2.75, 3.05) is 13.7 Å². The van der Waals surface area contributed by atoms with Crippen molar-refractivity contribution < 1.29 is 28.2 Å². The van der Waals surface area contributed by atoms with E-state index in [9.17, 15) is 18.8 Å². The van der Waals surface area contributed by atoms with Gasteiger partial charge in [0.05, 0.1) is 13.7 Å². The van der Waals surface area contributed by atoms with E-state index in [-0.39, 0.29) is 43.2 Å². The lowest BCUT2D eigenvalue weighted by Crippen LogP contribution is -2.41. The Bertz CT molecular complexity index is 886. The number of methoxy groups -OCH3 is 1. The van der Waals surface area contributed by atoms with Crippen LogP contribution in [0.1, 0.15) is 29.6 Å². The molecule has 7 heteroatoms.